The molecule has 2 aromatic rings. The molecule has 3 N–H and O–H groups in total. The Morgan fingerprint density at radius 1 is 1.09 bits per heavy atom. The topological polar surface area (TPSA) is 91.9 Å². The molecule has 0 aromatic heterocycles. The van der Waals surface area contributed by atoms with Gasteiger partial charge < -0.3 is 30.3 Å². The standard InChI is InChI=1S/C25H30N4O4S/c1-5-17-8-6-7-9-20(17)27-24(31)26-19-12-10-18(11-13-19)22-21(23(30)33-15-14-32-4)16(2)29(3)25(34)28-22/h6-13,22H,5,14-15H2,1-4H3,(H,28,34)(H2,26,27,31). The smallest absolute Gasteiger partial charge is 0.338 e. The number of hydrogen-bond acceptors (Lipinski definition) is 5. The number of thiocarbonyl (C=S) groups is 1. The lowest BCUT2D eigenvalue weighted by Gasteiger charge is -2.35. The Labute approximate surface area is 205 Å². The van der Waals surface area contributed by atoms with Gasteiger partial charge in [0.1, 0.15) is 6.61 Å². The van der Waals surface area contributed by atoms with Gasteiger partial charge in [-0.1, -0.05) is 37.3 Å². The maximum Gasteiger partial charge on any atom is 0.338 e. The van der Waals surface area contributed by atoms with Crippen LogP contribution in [0.1, 0.15) is 31.0 Å². The Morgan fingerprint density at radius 3 is 2.47 bits per heavy atom. The molecule has 2 amide bonds. The number of allylic oxidation sites excluding steroid dienone is 1. The highest BCUT2D eigenvalue weighted by Gasteiger charge is 2.33. The monoisotopic (exact) mass is 482 g/mol. The predicted octanol–water partition coefficient (Wildman–Crippen LogP) is 4.22. The number of ether oxygens (including phenoxy) is 2. The molecule has 0 fully saturated rings. The molecule has 2 aromatic carbocycles. The van der Waals surface area contributed by atoms with Crippen molar-refractivity contribution in [3.05, 3.63) is 70.9 Å². The number of methoxy groups -OCH3 is 1. The highest BCUT2D eigenvalue weighted by atomic mass is 32.1. The molecule has 34 heavy (non-hydrogen) atoms. The number of esters is 1. The van der Waals surface area contributed by atoms with Crippen LogP contribution in [0.4, 0.5) is 16.2 Å². The number of anilines is 2. The van der Waals surface area contributed by atoms with Crippen molar-refractivity contribution in [1.82, 2.24) is 10.2 Å². The van der Waals surface area contributed by atoms with Crippen LogP contribution >= 0.6 is 12.2 Å². The summed E-state index contributed by atoms with van der Waals surface area (Å²) in [6.45, 7) is 4.35. The van der Waals surface area contributed by atoms with Gasteiger partial charge in [0, 0.05) is 31.2 Å². The van der Waals surface area contributed by atoms with Crippen LogP contribution in [-0.2, 0) is 20.7 Å². The van der Waals surface area contributed by atoms with Crippen molar-refractivity contribution in [1.29, 1.82) is 0 Å². The number of urea groups is 1. The predicted molar refractivity (Wildman–Crippen MR) is 137 cm³/mol. The molecule has 9 heteroatoms. The molecule has 0 saturated carbocycles. The second-order valence-corrected chi connectivity index (χ2v) is 8.17. The number of hydrogen-bond donors (Lipinski definition) is 3. The molecule has 0 bridgehead atoms. The van der Waals surface area contributed by atoms with Gasteiger partial charge in [0.05, 0.1) is 18.2 Å². The summed E-state index contributed by atoms with van der Waals surface area (Å²) in [6, 6.07) is 14.1. The maximum absolute atomic E-state index is 12.8. The van der Waals surface area contributed by atoms with Gasteiger partial charge in [-0.2, -0.15) is 0 Å². The van der Waals surface area contributed by atoms with E-state index in [4.69, 9.17) is 21.7 Å². The van der Waals surface area contributed by atoms with Crippen LogP contribution in [0.5, 0.6) is 0 Å². The van der Waals surface area contributed by atoms with E-state index < -0.39 is 12.0 Å². The number of amides is 2. The van der Waals surface area contributed by atoms with E-state index in [0.717, 1.165) is 23.2 Å². The van der Waals surface area contributed by atoms with Crippen molar-refractivity contribution in [2.24, 2.45) is 0 Å². The van der Waals surface area contributed by atoms with Crippen LogP contribution in [0.2, 0.25) is 0 Å². The molecule has 1 aliphatic rings. The quantitative estimate of drug-likeness (QED) is 0.295. The van der Waals surface area contributed by atoms with Crippen LogP contribution in [0.3, 0.4) is 0 Å². The van der Waals surface area contributed by atoms with Crippen molar-refractivity contribution in [2.75, 3.05) is 38.0 Å². The van der Waals surface area contributed by atoms with E-state index in [1.807, 2.05) is 50.2 Å². The summed E-state index contributed by atoms with van der Waals surface area (Å²) in [5.41, 5.74) is 4.46. The van der Waals surface area contributed by atoms with E-state index in [0.29, 0.717) is 28.7 Å². The summed E-state index contributed by atoms with van der Waals surface area (Å²) in [5, 5.41) is 9.44. The SMILES string of the molecule is CCc1ccccc1NC(=O)Nc1ccc(C2NC(=S)N(C)C(C)=C2C(=O)OCCOC)cc1. The molecule has 0 saturated heterocycles. The van der Waals surface area contributed by atoms with Gasteiger partial charge in [-0.05, 0) is 54.9 Å². The van der Waals surface area contributed by atoms with Gasteiger partial charge in [-0.15, -0.1) is 0 Å². The van der Waals surface area contributed by atoms with Crippen LogP contribution in [0.25, 0.3) is 0 Å². The molecule has 3 rings (SSSR count). The van der Waals surface area contributed by atoms with E-state index in [9.17, 15) is 9.59 Å². The largest absolute Gasteiger partial charge is 0.460 e. The Balaban J connectivity index is 1.75. The molecule has 1 heterocycles. The highest BCUT2D eigenvalue weighted by Crippen LogP contribution is 2.31. The third kappa shape index (κ3) is 5.92. The zero-order valence-electron chi connectivity index (χ0n) is 19.8. The number of nitrogens with zero attached hydrogens (tertiary/aromatic N) is 1. The number of rotatable bonds is 8. The van der Waals surface area contributed by atoms with Gasteiger partial charge in [-0.25, -0.2) is 9.59 Å². The molecule has 0 radical (unpaired) electrons. The number of nitrogens with one attached hydrogen (secondary N) is 3. The Morgan fingerprint density at radius 2 is 1.79 bits per heavy atom. The first-order chi connectivity index (χ1) is 16.3. The molecule has 1 unspecified atom stereocenters. The molecule has 0 aliphatic carbocycles. The summed E-state index contributed by atoms with van der Waals surface area (Å²) in [4.78, 5) is 27.1. The maximum atomic E-state index is 12.8. The molecule has 1 atom stereocenters. The fraction of sp³-hybridized carbons (Fsp3) is 0.320. The Hall–Kier alpha value is -3.43. The normalized spacial score (nSPS) is 15.6. The van der Waals surface area contributed by atoms with Crippen LogP contribution in [-0.4, -0.2) is 49.4 Å². The Kier molecular flexibility index (Phi) is 8.61. The number of carbonyl (C=O) groups excluding carboxylic acids is 2. The van der Waals surface area contributed by atoms with E-state index in [1.165, 1.54) is 0 Å². The minimum atomic E-state index is -0.474. The molecular weight excluding hydrogens is 452 g/mol. The molecular formula is C25H30N4O4S. The van der Waals surface area contributed by atoms with Crippen LogP contribution in [0.15, 0.2) is 59.8 Å². The highest BCUT2D eigenvalue weighted by molar-refractivity contribution is 7.80. The molecule has 0 spiro atoms. The van der Waals surface area contributed by atoms with Gasteiger partial charge in [0.15, 0.2) is 5.11 Å². The minimum absolute atomic E-state index is 0.159. The fourth-order valence-corrected chi connectivity index (χ4v) is 3.89. The zero-order chi connectivity index (χ0) is 24.7. The zero-order valence-corrected chi connectivity index (χ0v) is 20.6. The third-order valence-corrected chi connectivity index (χ3v) is 6.03. The molecule has 8 nitrogen and oxygen atoms in total. The number of carbonyl (C=O) groups is 2. The van der Waals surface area contributed by atoms with E-state index in [2.05, 4.69) is 16.0 Å². The first-order valence-electron chi connectivity index (χ1n) is 11.0. The Bertz CT molecular complexity index is 1080. The van der Waals surface area contributed by atoms with Crippen molar-refractivity contribution in [3.63, 3.8) is 0 Å². The fourth-order valence-electron chi connectivity index (χ4n) is 3.64. The third-order valence-electron chi connectivity index (χ3n) is 5.64. The number of benzene rings is 2. The average molecular weight is 483 g/mol. The average Bonchev–Trinajstić information content (AvgIpc) is 2.83. The van der Waals surface area contributed by atoms with Crippen LogP contribution < -0.4 is 16.0 Å². The lowest BCUT2D eigenvalue weighted by molar-refractivity contribution is -0.140. The minimum Gasteiger partial charge on any atom is -0.460 e. The number of para-hydroxylation sites is 1. The van der Waals surface area contributed by atoms with Crippen molar-refractivity contribution < 1.29 is 19.1 Å². The van der Waals surface area contributed by atoms with Gasteiger partial charge in [-0.3, -0.25) is 0 Å². The van der Waals surface area contributed by atoms with Crippen LogP contribution in [0, 0.1) is 0 Å². The molecule has 1 aliphatic heterocycles. The van der Waals surface area contributed by atoms with Gasteiger partial charge >= 0.3 is 12.0 Å². The van der Waals surface area contributed by atoms with E-state index in [1.54, 1.807) is 31.2 Å². The first-order valence-corrected chi connectivity index (χ1v) is 11.4. The van der Waals surface area contributed by atoms with E-state index in [-0.39, 0.29) is 12.6 Å². The summed E-state index contributed by atoms with van der Waals surface area (Å²) in [5.74, 6) is -0.433. The van der Waals surface area contributed by atoms with Crippen molar-refractivity contribution in [2.45, 2.75) is 26.3 Å². The van der Waals surface area contributed by atoms with Gasteiger partial charge in [0.25, 0.3) is 0 Å². The van der Waals surface area contributed by atoms with Gasteiger partial charge in [0.2, 0.25) is 0 Å². The lowest BCUT2D eigenvalue weighted by Crippen LogP contribution is -2.46. The van der Waals surface area contributed by atoms with E-state index >= 15 is 0 Å². The summed E-state index contributed by atoms with van der Waals surface area (Å²) in [7, 11) is 3.35. The second kappa shape index (κ2) is 11.6. The summed E-state index contributed by atoms with van der Waals surface area (Å²) >= 11 is 5.44. The lowest BCUT2D eigenvalue weighted by atomic mass is 9.95. The number of aryl methyl sites for hydroxylation is 1. The second-order valence-electron chi connectivity index (χ2n) is 7.78. The summed E-state index contributed by atoms with van der Waals surface area (Å²) < 4.78 is 10.4. The van der Waals surface area contributed by atoms with Crippen molar-refractivity contribution >= 4 is 40.7 Å². The summed E-state index contributed by atoms with van der Waals surface area (Å²) in [6.07, 6.45) is 0.819. The van der Waals surface area contributed by atoms with Crippen molar-refractivity contribution in [3.8, 4) is 0 Å². The first kappa shape index (κ1) is 25.2. The molecule has 180 valence electrons.